The number of para-hydroxylation sites is 1. The van der Waals surface area contributed by atoms with Gasteiger partial charge in [-0.25, -0.2) is 0 Å². The van der Waals surface area contributed by atoms with Crippen molar-refractivity contribution in [3.63, 3.8) is 0 Å². The van der Waals surface area contributed by atoms with Crippen molar-refractivity contribution in [3.05, 3.63) is 48.0 Å². The Kier molecular flexibility index (Phi) is 2.15. The number of hydrogen-bond acceptors (Lipinski definition) is 1. The minimum atomic E-state index is 0.652. The summed E-state index contributed by atoms with van der Waals surface area (Å²) in [6.07, 6.45) is 0. The maximum absolute atomic E-state index is 5.24. The van der Waals surface area contributed by atoms with Crippen LogP contribution in [0.15, 0.2) is 42.5 Å². The van der Waals surface area contributed by atoms with Gasteiger partial charge in [-0.15, -0.1) is 0 Å². The molecule has 0 bridgehead atoms. The Morgan fingerprint density at radius 1 is 1.00 bits per heavy atom. The van der Waals surface area contributed by atoms with E-state index in [1.807, 2.05) is 6.07 Å². The number of fused-ring (bicyclic) bond motifs is 3. The highest BCUT2D eigenvalue weighted by atomic mass is 16.5. The highest BCUT2D eigenvalue weighted by molar-refractivity contribution is 6.08. The van der Waals surface area contributed by atoms with Crippen LogP contribution in [0.1, 0.15) is 5.56 Å². The number of methoxy groups -OCH3 is 1. The molecule has 0 spiro atoms. The van der Waals surface area contributed by atoms with E-state index in [-0.39, 0.29) is 0 Å². The number of H-pyrrole nitrogens is 1. The molecular formula is C14H13NO. The number of ether oxygens (including phenoxy) is 1. The number of hydrogen-bond donors (Lipinski definition) is 1. The first-order chi connectivity index (χ1) is 7.90. The lowest BCUT2D eigenvalue weighted by Crippen LogP contribution is -1.87. The quantitative estimate of drug-likeness (QED) is 0.689. The summed E-state index contributed by atoms with van der Waals surface area (Å²) in [7, 11) is 1.73. The Balaban J connectivity index is 2.43. The average Bonchev–Trinajstić information content (AvgIpc) is 2.68. The molecule has 2 nitrogen and oxygen atoms in total. The van der Waals surface area contributed by atoms with Gasteiger partial charge < -0.3 is 9.72 Å². The molecule has 2 aromatic carbocycles. The summed E-state index contributed by atoms with van der Waals surface area (Å²) in [6, 6.07) is 14.7. The van der Waals surface area contributed by atoms with E-state index in [9.17, 15) is 0 Å². The zero-order valence-corrected chi connectivity index (χ0v) is 9.16. The van der Waals surface area contributed by atoms with E-state index in [1.54, 1.807) is 7.11 Å². The molecule has 3 aromatic rings. The normalized spacial score (nSPS) is 11.3. The highest BCUT2D eigenvalue weighted by Crippen LogP contribution is 2.28. The van der Waals surface area contributed by atoms with Crippen LogP contribution in [0.5, 0.6) is 0 Å². The van der Waals surface area contributed by atoms with E-state index in [2.05, 4.69) is 41.4 Å². The van der Waals surface area contributed by atoms with Crippen molar-refractivity contribution in [1.82, 2.24) is 4.98 Å². The molecule has 0 saturated carbocycles. The van der Waals surface area contributed by atoms with Crippen molar-refractivity contribution >= 4 is 21.8 Å². The summed E-state index contributed by atoms with van der Waals surface area (Å²) in [5.41, 5.74) is 3.59. The Morgan fingerprint density at radius 2 is 1.81 bits per heavy atom. The third kappa shape index (κ3) is 1.31. The van der Waals surface area contributed by atoms with Crippen LogP contribution < -0.4 is 0 Å². The van der Waals surface area contributed by atoms with Crippen LogP contribution in [-0.2, 0) is 11.3 Å². The number of aromatic nitrogens is 1. The predicted molar refractivity (Wildman–Crippen MR) is 66.5 cm³/mol. The molecular weight excluding hydrogens is 198 g/mol. The van der Waals surface area contributed by atoms with Gasteiger partial charge in [-0.1, -0.05) is 30.3 Å². The van der Waals surface area contributed by atoms with Crippen molar-refractivity contribution in [2.75, 3.05) is 7.11 Å². The predicted octanol–water partition coefficient (Wildman–Crippen LogP) is 3.47. The molecule has 1 aromatic heterocycles. The monoisotopic (exact) mass is 211 g/mol. The summed E-state index contributed by atoms with van der Waals surface area (Å²) >= 11 is 0. The van der Waals surface area contributed by atoms with Crippen LogP contribution in [-0.4, -0.2) is 12.1 Å². The van der Waals surface area contributed by atoms with Crippen molar-refractivity contribution in [1.29, 1.82) is 0 Å². The van der Waals surface area contributed by atoms with Gasteiger partial charge in [-0.05, 0) is 17.7 Å². The molecule has 3 rings (SSSR count). The van der Waals surface area contributed by atoms with Crippen molar-refractivity contribution in [2.24, 2.45) is 0 Å². The van der Waals surface area contributed by atoms with Crippen LogP contribution in [0.2, 0.25) is 0 Å². The first kappa shape index (κ1) is 9.43. The highest BCUT2D eigenvalue weighted by Gasteiger charge is 2.07. The third-order valence-electron chi connectivity index (χ3n) is 2.92. The standard InChI is InChI=1S/C14H13NO/c1-16-9-10-5-4-8-13-14(10)11-6-2-3-7-12(11)15-13/h2-8,15H,9H2,1H3. The van der Waals surface area contributed by atoms with Crippen molar-refractivity contribution in [3.8, 4) is 0 Å². The summed E-state index contributed by atoms with van der Waals surface area (Å²) in [4.78, 5) is 3.42. The molecule has 0 aliphatic rings. The third-order valence-corrected chi connectivity index (χ3v) is 2.92. The topological polar surface area (TPSA) is 25.0 Å². The lowest BCUT2D eigenvalue weighted by molar-refractivity contribution is 0.186. The fraction of sp³-hybridized carbons (Fsp3) is 0.143. The van der Waals surface area contributed by atoms with E-state index in [0.717, 1.165) is 0 Å². The molecule has 80 valence electrons. The SMILES string of the molecule is COCc1cccc2[nH]c3ccccc3c12. The molecule has 0 radical (unpaired) electrons. The van der Waals surface area contributed by atoms with Gasteiger partial charge in [0.15, 0.2) is 0 Å². The Labute approximate surface area is 93.8 Å². The Hall–Kier alpha value is -1.80. The van der Waals surface area contributed by atoms with E-state index in [1.165, 1.54) is 27.4 Å². The molecule has 0 saturated heterocycles. The second kappa shape index (κ2) is 3.65. The lowest BCUT2D eigenvalue weighted by atomic mass is 10.1. The van der Waals surface area contributed by atoms with E-state index in [0.29, 0.717) is 6.61 Å². The molecule has 2 heteroatoms. The summed E-state index contributed by atoms with van der Waals surface area (Å²) in [6.45, 7) is 0.652. The van der Waals surface area contributed by atoms with Crippen LogP contribution >= 0.6 is 0 Å². The van der Waals surface area contributed by atoms with E-state index < -0.39 is 0 Å². The second-order valence-electron chi connectivity index (χ2n) is 3.94. The molecule has 16 heavy (non-hydrogen) atoms. The summed E-state index contributed by atoms with van der Waals surface area (Å²) in [5, 5.41) is 2.55. The fourth-order valence-corrected chi connectivity index (χ4v) is 2.25. The molecule has 0 aliphatic carbocycles. The Morgan fingerprint density at radius 3 is 2.69 bits per heavy atom. The largest absolute Gasteiger partial charge is 0.380 e. The van der Waals surface area contributed by atoms with Gasteiger partial charge in [0.25, 0.3) is 0 Å². The van der Waals surface area contributed by atoms with Gasteiger partial charge in [0.1, 0.15) is 0 Å². The van der Waals surface area contributed by atoms with Gasteiger partial charge in [0.2, 0.25) is 0 Å². The molecule has 0 unspecified atom stereocenters. The summed E-state index contributed by atoms with van der Waals surface area (Å²) < 4.78 is 5.24. The zero-order chi connectivity index (χ0) is 11.0. The minimum Gasteiger partial charge on any atom is -0.380 e. The smallest absolute Gasteiger partial charge is 0.0719 e. The average molecular weight is 211 g/mol. The first-order valence-corrected chi connectivity index (χ1v) is 5.37. The van der Waals surface area contributed by atoms with E-state index >= 15 is 0 Å². The molecule has 0 amide bonds. The first-order valence-electron chi connectivity index (χ1n) is 5.37. The van der Waals surface area contributed by atoms with Gasteiger partial charge in [-0.2, -0.15) is 0 Å². The van der Waals surface area contributed by atoms with E-state index in [4.69, 9.17) is 4.74 Å². The van der Waals surface area contributed by atoms with Gasteiger partial charge in [-0.3, -0.25) is 0 Å². The van der Waals surface area contributed by atoms with Crippen LogP contribution in [0, 0.1) is 0 Å². The molecule has 0 fully saturated rings. The van der Waals surface area contributed by atoms with Crippen LogP contribution in [0.25, 0.3) is 21.8 Å². The summed E-state index contributed by atoms with van der Waals surface area (Å²) in [5.74, 6) is 0. The maximum atomic E-state index is 5.24. The second-order valence-corrected chi connectivity index (χ2v) is 3.94. The fourth-order valence-electron chi connectivity index (χ4n) is 2.25. The lowest BCUT2D eigenvalue weighted by Gasteiger charge is -2.01. The molecule has 1 heterocycles. The van der Waals surface area contributed by atoms with Crippen LogP contribution in [0.3, 0.4) is 0 Å². The Bertz CT molecular complexity index is 639. The minimum absolute atomic E-state index is 0.652. The van der Waals surface area contributed by atoms with Crippen molar-refractivity contribution < 1.29 is 4.74 Å². The maximum Gasteiger partial charge on any atom is 0.0719 e. The number of nitrogens with one attached hydrogen (secondary N) is 1. The van der Waals surface area contributed by atoms with Crippen LogP contribution in [0.4, 0.5) is 0 Å². The molecule has 0 aliphatic heterocycles. The number of benzene rings is 2. The van der Waals surface area contributed by atoms with Gasteiger partial charge >= 0.3 is 0 Å². The molecule has 0 atom stereocenters. The van der Waals surface area contributed by atoms with Gasteiger partial charge in [0, 0.05) is 28.9 Å². The van der Waals surface area contributed by atoms with Crippen molar-refractivity contribution in [2.45, 2.75) is 6.61 Å². The number of aromatic amines is 1. The number of rotatable bonds is 2. The molecule has 1 N–H and O–H groups in total. The zero-order valence-electron chi connectivity index (χ0n) is 9.16. The van der Waals surface area contributed by atoms with Gasteiger partial charge in [0.05, 0.1) is 6.61 Å².